The van der Waals surface area contributed by atoms with Gasteiger partial charge in [0.1, 0.15) is 0 Å². The maximum atomic E-state index is 13.1. The van der Waals surface area contributed by atoms with Gasteiger partial charge in [-0.25, -0.2) is 0 Å². The van der Waals surface area contributed by atoms with Gasteiger partial charge in [-0.05, 0) is 64.4 Å². The zero-order valence-corrected chi connectivity index (χ0v) is 18.3. The monoisotopic (exact) mass is 463 g/mol. The van der Waals surface area contributed by atoms with Gasteiger partial charge in [0.15, 0.2) is 17.3 Å². The summed E-state index contributed by atoms with van der Waals surface area (Å²) in [5.74, 6) is 0.680. The molecule has 5 rings (SSSR count). The maximum Gasteiger partial charge on any atom is 0.172 e. The van der Waals surface area contributed by atoms with Crippen molar-refractivity contribution in [1.82, 2.24) is 0 Å². The van der Waals surface area contributed by atoms with Crippen molar-refractivity contribution in [3.8, 4) is 11.5 Å². The van der Waals surface area contributed by atoms with Crippen LogP contribution < -0.4 is 10.1 Å². The summed E-state index contributed by atoms with van der Waals surface area (Å²) in [6.45, 7) is 2.33. The molecule has 3 aromatic carbocycles. The number of halogens is 1. The van der Waals surface area contributed by atoms with E-state index >= 15 is 0 Å². The maximum absolute atomic E-state index is 13.1. The molecule has 1 heterocycles. The highest BCUT2D eigenvalue weighted by Gasteiger charge is 2.35. The first-order valence-corrected chi connectivity index (χ1v) is 11.1. The van der Waals surface area contributed by atoms with E-state index in [4.69, 9.17) is 4.74 Å². The van der Waals surface area contributed by atoms with E-state index in [0.29, 0.717) is 23.2 Å². The Morgan fingerprint density at radius 2 is 2.00 bits per heavy atom. The van der Waals surface area contributed by atoms with Gasteiger partial charge in [0.25, 0.3) is 0 Å². The van der Waals surface area contributed by atoms with Crippen LogP contribution >= 0.6 is 15.9 Å². The van der Waals surface area contributed by atoms with Crippen molar-refractivity contribution >= 4 is 43.7 Å². The van der Waals surface area contributed by atoms with Crippen molar-refractivity contribution in [2.45, 2.75) is 32.2 Å². The van der Waals surface area contributed by atoms with Gasteiger partial charge in [0.05, 0.1) is 22.8 Å². The predicted octanol–water partition coefficient (Wildman–Crippen LogP) is 6.38. The fraction of sp³-hybridized carbons (Fsp3) is 0.240. The highest BCUT2D eigenvalue weighted by Crippen LogP contribution is 2.49. The van der Waals surface area contributed by atoms with Crippen LogP contribution in [0.4, 0.5) is 5.69 Å². The van der Waals surface area contributed by atoms with Crippen molar-refractivity contribution in [3.63, 3.8) is 0 Å². The number of ether oxygens (including phenoxy) is 1. The first-order chi connectivity index (χ1) is 14.6. The molecule has 30 heavy (non-hydrogen) atoms. The Balaban J connectivity index is 1.75. The van der Waals surface area contributed by atoms with Crippen LogP contribution in [0.15, 0.2) is 58.6 Å². The van der Waals surface area contributed by atoms with E-state index < -0.39 is 0 Å². The third-order valence-corrected chi connectivity index (χ3v) is 6.58. The van der Waals surface area contributed by atoms with Crippen LogP contribution in [0, 0.1) is 0 Å². The number of nitrogens with one attached hydrogen (secondary N) is 1. The number of allylic oxidation sites excluding steroid dienone is 1. The number of phenolic OH excluding ortho intramolecular Hbond substituents is 1. The van der Waals surface area contributed by atoms with Crippen LogP contribution in [0.3, 0.4) is 0 Å². The summed E-state index contributed by atoms with van der Waals surface area (Å²) in [7, 11) is 0. The Morgan fingerprint density at radius 3 is 2.83 bits per heavy atom. The quantitative estimate of drug-likeness (QED) is 0.472. The Kier molecular flexibility index (Phi) is 4.78. The number of benzene rings is 3. The van der Waals surface area contributed by atoms with Crippen molar-refractivity contribution in [3.05, 3.63) is 69.7 Å². The zero-order chi connectivity index (χ0) is 20.8. The number of carbonyl (C=O) groups excluding carboxylic acids is 1. The second-order valence-corrected chi connectivity index (χ2v) is 8.59. The fourth-order valence-electron chi connectivity index (χ4n) is 4.65. The minimum Gasteiger partial charge on any atom is -0.503 e. The molecule has 0 saturated heterocycles. The van der Waals surface area contributed by atoms with E-state index in [1.54, 1.807) is 0 Å². The molecule has 1 atom stereocenters. The zero-order valence-electron chi connectivity index (χ0n) is 16.7. The van der Waals surface area contributed by atoms with Gasteiger partial charge in [0, 0.05) is 22.9 Å². The van der Waals surface area contributed by atoms with E-state index in [2.05, 4.69) is 45.5 Å². The van der Waals surface area contributed by atoms with Gasteiger partial charge in [0.2, 0.25) is 0 Å². The number of fused-ring (bicyclic) bond motifs is 4. The molecule has 1 aliphatic heterocycles. The number of aromatic hydroxyl groups is 1. The summed E-state index contributed by atoms with van der Waals surface area (Å²) in [6.07, 6.45) is 2.33. The second kappa shape index (κ2) is 7.47. The van der Waals surface area contributed by atoms with Crippen LogP contribution in [-0.2, 0) is 4.79 Å². The topological polar surface area (TPSA) is 58.6 Å². The van der Waals surface area contributed by atoms with Gasteiger partial charge in [-0.3, -0.25) is 4.79 Å². The molecule has 0 aromatic heterocycles. The molecule has 0 bridgehead atoms. The van der Waals surface area contributed by atoms with E-state index in [-0.39, 0.29) is 17.6 Å². The Labute approximate surface area is 183 Å². The largest absolute Gasteiger partial charge is 0.503 e. The van der Waals surface area contributed by atoms with Gasteiger partial charge in [-0.2, -0.15) is 0 Å². The Bertz CT molecular complexity index is 1210. The Morgan fingerprint density at radius 1 is 1.17 bits per heavy atom. The molecule has 4 nitrogen and oxygen atoms in total. The smallest absolute Gasteiger partial charge is 0.172 e. The molecule has 5 heteroatoms. The van der Waals surface area contributed by atoms with Gasteiger partial charge in [-0.1, -0.05) is 36.4 Å². The lowest BCUT2D eigenvalue weighted by molar-refractivity contribution is -0.116. The van der Waals surface area contributed by atoms with Crippen LogP contribution in [0.1, 0.15) is 43.4 Å². The van der Waals surface area contributed by atoms with Crippen LogP contribution in [0.5, 0.6) is 11.5 Å². The number of hydrogen-bond acceptors (Lipinski definition) is 4. The third-order valence-electron chi connectivity index (χ3n) is 5.97. The number of anilines is 1. The van der Waals surface area contributed by atoms with Crippen molar-refractivity contribution in [1.29, 1.82) is 0 Å². The first-order valence-electron chi connectivity index (χ1n) is 10.3. The second-order valence-electron chi connectivity index (χ2n) is 7.74. The summed E-state index contributed by atoms with van der Waals surface area (Å²) in [4.78, 5) is 13.1. The van der Waals surface area contributed by atoms with E-state index in [1.807, 2.05) is 31.2 Å². The van der Waals surface area contributed by atoms with E-state index in [9.17, 15) is 9.90 Å². The first kappa shape index (κ1) is 19.2. The molecule has 1 unspecified atom stereocenters. The molecule has 1 aliphatic carbocycles. The van der Waals surface area contributed by atoms with Gasteiger partial charge >= 0.3 is 0 Å². The SMILES string of the molecule is CCOc1cc(C2Nc3c(ccc4ccccc34)C3=C2C(=O)CCC3)cc(Br)c1O. The van der Waals surface area contributed by atoms with Crippen molar-refractivity contribution in [2.75, 3.05) is 11.9 Å². The van der Waals surface area contributed by atoms with E-state index in [1.165, 1.54) is 0 Å². The molecule has 0 radical (unpaired) electrons. The minimum atomic E-state index is -0.290. The number of Topliss-reactive ketones (excluding diaryl/α,β-unsaturated/α-hetero) is 1. The van der Waals surface area contributed by atoms with Crippen molar-refractivity contribution in [2.24, 2.45) is 0 Å². The average molecular weight is 464 g/mol. The van der Waals surface area contributed by atoms with Gasteiger partial charge in [-0.15, -0.1) is 0 Å². The number of phenols is 1. The lowest BCUT2D eigenvalue weighted by Gasteiger charge is -2.35. The molecule has 2 N–H and O–H groups in total. The van der Waals surface area contributed by atoms with E-state index in [0.717, 1.165) is 51.6 Å². The van der Waals surface area contributed by atoms with Crippen LogP contribution in [-0.4, -0.2) is 17.5 Å². The number of carbonyl (C=O) groups is 1. The predicted molar refractivity (Wildman–Crippen MR) is 123 cm³/mol. The molecule has 0 fully saturated rings. The molecular weight excluding hydrogens is 442 g/mol. The highest BCUT2D eigenvalue weighted by atomic mass is 79.9. The molecular formula is C25H22BrNO3. The van der Waals surface area contributed by atoms with Crippen LogP contribution in [0.2, 0.25) is 0 Å². The lowest BCUT2D eigenvalue weighted by atomic mass is 9.77. The normalized spacial score (nSPS) is 18.1. The summed E-state index contributed by atoms with van der Waals surface area (Å²) < 4.78 is 6.20. The van der Waals surface area contributed by atoms with Gasteiger partial charge < -0.3 is 15.2 Å². The number of ketones is 1. The van der Waals surface area contributed by atoms with Crippen LogP contribution in [0.25, 0.3) is 16.3 Å². The lowest BCUT2D eigenvalue weighted by Crippen LogP contribution is -2.27. The molecule has 0 saturated carbocycles. The summed E-state index contributed by atoms with van der Waals surface area (Å²) >= 11 is 3.45. The summed E-state index contributed by atoms with van der Waals surface area (Å²) in [5, 5.41) is 16.3. The number of hydrogen-bond donors (Lipinski definition) is 2. The highest BCUT2D eigenvalue weighted by molar-refractivity contribution is 9.10. The molecule has 3 aromatic rings. The minimum absolute atomic E-state index is 0.0754. The molecule has 0 amide bonds. The summed E-state index contributed by atoms with van der Waals surface area (Å²) in [5.41, 5.74) is 5.05. The standard InChI is InChI=1S/C25H22BrNO3/c1-2-30-21-13-15(12-19(26)25(21)29)23-22-17(8-5-9-20(22)28)18-11-10-14-6-3-4-7-16(14)24(18)27-23/h3-4,6-7,10-13,23,27,29H,2,5,8-9H2,1H3. The average Bonchev–Trinajstić information content (AvgIpc) is 2.76. The number of rotatable bonds is 3. The Hall–Kier alpha value is -2.79. The molecule has 152 valence electrons. The van der Waals surface area contributed by atoms with Crippen molar-refractivity contribution < 1.29 is 14.6 Å². The molecule has 0 spiro atoms. The fourth-order valence-corrected chi connectivity index (χ4v) is 5.11. The third kappa shape index (κ3) is 3.00. The summed E-state index contributed by atoms with van der Waals surface area (Å²) in [6, 6.07) is 16.0. The molecule has 2 aliphatic rings.